The van der Waals surface area contributed by atoms with E-state index in [1.807, 2.05) is 0 Å². The van der Waals surface area contributed by atoms with Crippen molar-refractivity contribution in [3.05, 3.63) is 29.8 Å². The van der Waals surface area contributed by atoms with Crippen LogP contribution in [0.15, 0.2) is 24.3 Å². The second kappa shape index (κ2) is 5.87. The van der Waals surface area contributed by atoms with Crippen LogP contribution in [0.1, 0.15) is 17.3 Å². The van der Waals surface area contributed by atoms with E-state index in [1.165, 1.54) is 6.92 Å². The van der Waals surface area contributed by atoms with E-state index in [2.05, 4.69) is 10.6 Å². The minimum atomic E-state index is -0.408. The zero-order valence-electron chi connectivity index (χ0n) is 8.99. The molecule has 0 aliphatic carbocycles. The number of carbonyl (C=O) groups excluding carboxylic acids is 2. The molecule has 0 aliphatic rings. The second-order valence-electron chi connectivity index (χ2n) is 3.24. The number of amides is 2. The molecule has 0 aliphatic heterocycles. The average Bonchev–Trinajstić information content (AvgIpc) is 2.26. The van der Waals surface area contributed by atoms with E-state index in [9.17, 15) is 9.59 Å². The summed E-state index contributed by atoms with van der Waals surface area (Å²) in [4.78, 5) is 22.3. The third-order valence-electron chi connectivity index (χ3n) is 1.92. The van der Waals surface area contributed by atoms with Crippen LogP contribution in [0.2, 0.25) is 0 Å². The molecule has 0 fully saturated rings. The topological polar surface area (TPSA) is 78.4 Å². The van der Waals surface area contributed by atoms with Gasteiger partial charge >= 0.3 is 6.03 Å². The molecular formula is C11H14N2O3. The number of nitrogens with one attached hydrogen (secondary N) is 2. The Morgan fingerprint density at radius 2 is 2.12 bits per heavy atom. The molecule has 0 bridgehead atoms. The maximum absolute atomic E-state index is 11.2. The number of aliphatic hydroxyl groups excluding tert-OH is 1. The van der Waals surface area contributed by atoms with Crippen LogP contribution in [0.4, 0.5) is 10.5 Å². The van der Waals surface area contributed by atoms with Gasteiger partial charge in [-0.15, -0.1) is 0 Å². The largest absolute Gasteiger partial charge is 0.395 e. The average molecular weight is 222 g/mol. The predicted molar refractivity (Wildman–Crippen MR) is 60.6 cm³/mol. The van der Waals surface area contributed by atoms with E-state index in [1.54, 1.807) is 24.3 Å². The minimum absolute atomic E-state index is 0.0561. The highest BCUT2D eigenvalue weighted by Gasteiger charge is 2.03. The highest BCUT2D eigenvalue weighted by molar-refractivity contribution is 5.96. The van der Waals surface area contributed by atoms with Crippen LogP contribution in [0.3, 0.4) is 0 Å². The molecule has 1 rings (SSSR count). The van der Waals surface area contributed by atoms with Crippen molar-refractivity contribution >= 4 is 17.5 Å². The summed E-state index contributed by atoms with van der Waals surface area (Å²) in [7, 11) is 0. The van der Waals surface area contributed by atoms with Crippen LogP contribution >= 0.6 is 0 Å². The molecule has 2 amide bonds. The molecule has 1 aromatic rings. The van der Waals surface area contributed by atoms with Gasteiger partial charge in [0, 0.05) is 17.8 Å². The van der Waals surface area contributed by atoms with Gasteiger partial charge in [0.05, 0.1) is 6.61 Å². The molecule has 3 N–H and O–H groups in total. The Morgan fingerprint density at radius 1 is 1.38 bits per heavy atom. The number of carbonyl (C=O) groups is 2. The third-order valence-corrected chi connectivity index (χ3v) is 1.92. The van der Waals surface area contributed by atoms with Gasteiger partial charge in [0.2, 0.25) is 0 Å². The lowest BCUT2D eigenvalue weighted by atomic mass is 10.1. The molecule has 0 heterocycles. The Morgan fingerprint density at radius 3 is 2.75 bits per heavy atom. The minimum Gasteiger partial charge on any atom is -0.395 e. The molecule has 86 valence electrons. The van der Waals surface area contributed by atoms with Crippen LogP contribution in [-0.4, -0.2) is 30.1 Å². The van der Waals surface area contributed by atoms with Gasteiger partial charge in [0.1, 0.15) is 0 Å². The van der Waals surface area contributed by atoms with Gasteiger partial charge in [0.25, 0.3) is 0 Å². The molecule has 16 heavy (non-hydrogen) atoms. The summed E-state index contributed by atoms with van der Waals surface area (Å²) in [6, 6.07) is 6.25. The number of hydrogen-bond donors (Lipinski definition) is 3. The van der Waals surface area contributed by atoms with Crippen LogP contribution in [0.25, 0.3) is 0 Å². The first-order valence-corrected chi connectivity index (χ1v) is 4.90. The number of urea groups is 1. The summed E-state index contributed by atoms with van der Waals surface area (Å²) in [6.45, 7) is 1.55. The monoisotopic (exact) mass is 222 g/mol. The lowest BCUT2D eigenvalue weighted by Crippen LogP contribution is -2.30. The van der Waals surface area contributed by atoms with Crippen molar-refractivity contribution < 1.29 is 14.7 Å². The van der Waals surface area contributed by atoms with Gasteiger partial charge in [-0.25, -0.2) is 4.79 Å². The van der Waals surface area contributed by atoms with Gasteiger partial charge in [-0.1, -0.05) is 12.1 Å². The number of benzene rings is 1. The van der Waals surface area contributed by atoms with Crippen molar-refractivity contribution in [1.82, 2.24) is 5.32 Å². The summed E-state index contributed by atoms with van der Waals surface area (Å²) in [5, 5.41) is 13.5. The summed E-state index contributed by atoms with van der Waals surface area (Å²) in [5.41, 5.74) is 1.09. The molecule has 0 saturated carbocycles. The van der Waals surface area contributed by atoms with E-state index in [4.69, 9.17) is 5.11 Å². The number of anilines is 1. The van der Waals surface area contributed by atoms with Crippen molar-refractivity contribution in [2.24, 2.45) is 0 Å². The Kier molecular flexibility index (Phi) is 4.47. The predicted octanol–water partition coefficient (Wildman–Crippen LogP) is 1.00. The number of rotatable bonds is 4. The van der Waals surface area contributed by atoms with E-state index >= 15 is 0 Å². The summed E-state index contributed by atoms with van der Waals surface area (Å²) >= 11 is 0. The molecule has 5 nitrogen and oxygen atoms in total. The zero-order chi connectivity index (χ0) is 12.0. The lowest BCUT2D eigenvalue weighted by Gasteiger charge is -2.07. The molecule has 0 unspecified atom stereocenters. The van der Waals surface area contributed by atoms with Crippen LogP contribution in [0.5, 0.6) is 0 Å². The standard InChI is InChI=1S/C11H14N2O3/c1-8(15)9-3-2-4-10(7-9)13-11(16)12-5-6-14/h2-4,7,14H,5-6H2,1H3,(H2,12,13,16). The first kappa shape index (κ1) is 12.2. The summed E-state index contributed by atoms with van der Waals surface area (Å²) in [6.07, 6.45) is 0. The van der Waals surface area contributed by atoms with Crippen LogP contribution < -0.4 is 10.6 Å². The lowest BCUT2D eigenvalue weighted by molar-refractivity contribution is 0.101. The number of Topliss-reactive ketones (excluding diaryl/α,β-unsaturated/α-hetero) is 1. The maximum Gasteiger partial charge on any atom is 0.319 e. The highest BCUT2D eigenvalue weighted by Crippen LogP contribution is 2.10. The molecule has 5 heteroatoms. The molecule has 1 aromatic carbocycles. The van der Waals surface area contributed by atoms with Gasteiger partial charge in [0.15, 0.2) is 5.78 Å². The normalized spacial score (nSPS) is 9.62. The number of aliphatic hydroxyl groups is 1. The molecule has 0 aromatic heterocycles. The quantitative estimate of drug-likeness (QED) is 0.665. The van der Waals surface area contributed by atoms with Crippen molar-refractivity contribution in [3.63, 3.8) is 0 Å². The van der Waals surface area contributed by atoms with Crippen LogP contribution in [-0.2, 0) is 0 Å². The Hall–Kier alpha value is -1.88. The Bertz CT molecular complexity index is 391. The highest BCUT2D eigenvalue weighted by atomic mass is 16.3. The van der Waals surface area contributed by atoms with Crippen molar-refractivity contribution in [2.45, 2.75) is 6.92 Å². The van der Waals surface area contributed by atoms with Crippen molar-refractivity contribution in [3.8, 4) is 0 Å². The van der Waals surface area contributed by atoms with E-state index < -0.39 is 6.03 Å². The molecular weight excluding hydrogens is 208 g/mol. The van der Waals surface area contributed by atoms with E-state index in [0.29, 0.717) is 11.3 Å². The molecule has 0 saturated heterocycles. The SMILES string of the molecule is CC(=O)c1cccc(NC(=O)NCCO)c1. The summed E-state index contributed by atoms with van der Waals surface area (Å²) < 4.78 is 0. The third kappa shape index (κ3) is 3.70. The molecule has 0 radical (unpaired) electrons. The first-order chi connectivity index (χ1) is 7.63. The van der Waals surface area contributed by atoms with E-state index in [0.717, 1.165) is 0 Å². The van der Waals surface area contributed by atoms with Crippen LogP contribution in [0, 0.1) is 0 Å². The Balaban J connectivity index is 2.63. The van der Waals surface area contributed by atoms with Gasteiger partial charge in [-0.3, -0.25) is 4.79 Å². The second-order valence-corrected chi connectivity index (χ2v) is 3.24. The van der Waals surface area contributed by atoms with E-state index in [-0.39, 0.29) is 18.9 Å². The van der Waals surface area contributed by atoms with Crippen molar-refractivity contribution in [1.29, 1.82) is 0 Å². The Labute approximate surface area is 93.5 Å². The fraction of sp³-hybridized carbons (Fsp3) is 0.273. The smallest absolute Gasteiger partial charge is 0.319 e. The fourth-order valence-electron chi connectivity index (χ4n) is 1.16. The van der Waals surface area contributed by atoms with Crippen molar-refractivity contribution in [2.75, 3.05) is 18.5 Å². The first-order valence-electron chi connectivity index (χ1n) is 4.90. The van der Waals surface area contributed by atoms with Gasteiger partial charge in [-0.2, -0.15) is 0 Å². The van der Waals surface area contributed by atoms with Gasteiger partial charge < -0.3 is 15.7 Å². The number of ketones is 1. The molecule has 0 spiro atoms. The molecule has 0 atom stereocenters. The zero-order valence-corrected chi connectivity index (χ0v) is 8.99. The summed E-state index contributed by atoms with van der Waals surface area (Å²) in [5.74, 6) is -0.0561. The number of hydrogen-bond acceptors (Lipinski definition) is 3. The maximum atomic E-state index is 11.2. The van der Waals surface area contributed by atoms with Gasteiger partial charge in [-0.05, 0) is 19.1 Å². The fourth-order valence-corrected chi connectivity index (χ4v) is 1.16.